The van der Waals surface area contributed by atoms with E-state index in [0.29, 0.717) is 17.8 Å². The fourth-order valence-electron chi connectivity index (χ4n) is 1.45. The van der Waals surface area contributed by atoms with Crippen LogP contribution >= 0.6 is 43.2 Å². The molecule has 1 aromatic carbocycles. The van der Waals surface area contributed by atoms with Crippen molar-refractivity contribution in [3.05, 3.63) is 49.0 Å². The maximum absolute atomic E-state index is 11.9. The Bertz CT molecular complexity index is 583. The van der Waals surface area contributed by atoms with E-state index in [1.54, 1.807) is 29.5 Å². The van der Waals surface area contributed by atoms with Gasteiger partial charge in [0.25, 0.3) is 5.91 Å². The van der Waals surface area contributed by atoms with Crippen LogP contribution in [0, 0.1) is 0 Å². The molecule has 0 bridgehead atoms. The second-order valence-electron chi connectivity index (χ2n) is 3.65. The molecule has 94 valence electrons. The third kappa shape index (κ3) is 3.34. The van der Waals surface area contributed by atoms with Gasteiger partial charge >= 0.3 is 0 Å². The number of carbonyl (C=O) groups excluding carboxylic acids is 1. The highest BCUT2D eigenvalue weighted by Gasteiger charge is 2.09. The van der Waals surface area contributed by atoms with Crippen LogP contribution in [0.25, 0.3) is 0 Å². The summed E-state index contributed by atoms with van der Waals surface area (Å²) in [5, 5.41) is 4.83. The van der Waals surface area contributed by atoms with Crippen molar-refractivity contribution in [2.45, 2.75) is 6.54 Å². The van der Waals surface area contributed by atoms with Gasteiger partial charge in [0.15, 0.2) is 0 Å². The minimum atomic E-state index is -0.162. The van der Waals surface area contributed by atoms with E-state index in [1.807, 2.05) is 11.4 Å². The second-order valence-corrected chi connectivity index (χ2v) is 6.47. The molecule has 0 fully saturated rings. The maximum atomic E-state index is 11.9. The fourth-order valence-corrected chi connectivity index (χ4v) is 3.22. The van der Waals surface area contributed by atoms with Crippen LogP contribution in [0.2, 0.25) is 0 Å². The van der Waals surface area contributed by atoms with Crippen LogP contribution in [0.15, 0.2) is 38.6 Å². The fraction of sp³-hybridized carbons (Fsp3) is 0.0833. The quantitative estimate of drug-likeness (QED) is 0.784. The molecule has 0 spiro atoms. The van der Waals surface area contributed by atoms with Gasteiger partial charge in [0.05, 0.1) is 12.1 Å². The number of nitrogens with one attached hydrogen (secondary N) is 1. The number of anilines is 1. The normalized spacial score (nSPS) is 10.3. The number of nitrogens with two attached hydrogens (primary N) is 1. The Morgan fingerprint density at radius 2 is 2.06 bits per heavy atom. The van der Waals surface area contributed by atoms with E-state index in [-0.39, 0.29) is 5.91 Å². The van der Waals surface area contributed by atoms with Crippen LogP contribution in [0.4, 0.5) is 5.69 Å². The molecular weight excluding hydrogens is 380 g/mol. The van der Waals surface area contributed by atoms with E-state index in [4.69, 9.17) is 5.73 Å². The number of nitrogen functional groups attached to an aromatic ring is 1. The SMILES string of the molecule is Nc1cc(Br)ccc1C(=O)NCc1cc(Br)cs1. The predicted octanol–water partition coefficient (Wildman–Crippen LogP) is 3.79. The molecule has 3 nitrogen and oxygen atoms in total. The van der Waals surface area contributed by atoms with Crippen molar-refractivity contribution >= 4 is 54.8 Å². The number of hydrogen-bond acceptors (Lipinski definition) is 3. The summed E-state index contributed by atoms with van der Waals surface area (Å²) in [5.74, 6) is -0.162. The Balaban J connectivity index is 2.03. The topological polar surface area (TPSA) is 55.1 Å². The summed E-state index contributed by atoms with van der Waals surface area (Å²) < 4.78 is 1.89. The highest BCUT2D eigenvalue weighted by atomic mass is 79.9. The molecule has 18 heavy (non-hydrogen) atoms. The molecule has 0 unspecified atom stereocenters. The Morgan fingerprint density at radius 3 is 2.67 bits per heavy atom. The molecule has 1 amide bonds. The first-order chi connectivity index (χ1) is 8.56. The molecule has 2 aromatic rings. The first kappa shape index (κ1) is 13.6. The second kappa shape index (κ2) is 5.86. The average Bonchev–Trinajstić information content (AvgIpc) is 2.72. The summed E-state index contributed by atoms with van der Waals surface area (Å²) in [6, 6.07) is 7.21. The minimum absolute atomic E-state index is 0.162. The lowest BCUT2D eigenvalue weighted by Gasteiger charge is -2.06. The van der Waals surface area contributed by atoms with Gasteiger partial charge in [0.1, 0.15) is 0 Å². The number of carbonyl (C=O) groups is 1. The van der Waals surface area contributed by atoms with Gasteiger partial charge in [-0.25, -0.2) is 0 Å². The van der Waals surface area contributed by atoms with Crippen molar-refractivity contribution in [2.75, 3.05) is 5.73 Å². The van der Waals surface area contributed by atoms with Crippen molar-refractivity contribution < 1.29 is 4.79 Å². The first-order valence-corrected chi connectivity index (χ1v) is 7.59. The van der Waals surface area contributed by atoms with Crippen LogP contribution in [0.3, 0.4) is 0 Å². The van der Waals surface area contributed by atoms with Crippen LogP contribution in [0.1, 0.15) is 15.2 Å². The maximum Gasteiger partial charge on any atom is 0.253 e. The van der Waals surface area contributed by atoms with E-state index < -0.39 is 0 Å². The zero-order chi connectivity index (χ0) is 13.1. The molecule has 0 saturated carbocycles. The van der Waals surface area contributed by atoms with E-state index in [9.17, 15) is 4.79 Å². The summed E-state index contributed by atoms with van der Waals surface area (Å²) in [5.41, 5.74) is 6.76. The molecule has 0 atom stereocenters. The highest BCUT2D eigenvalue weighted by Crippen LogP contribution is 2.21. The van der Waals surface area contributed by atoms with Gasteiger partial charge in [0.2, 0.25) is 0 Å². The van der Waals surface area contributed by atoms with Crippen molar-refractivity contribution in [2.24, 2.45) is 0 Å². The average molecular weight is 390 g/mol. The number of benzene rings is 1. The summed E-state index contributed by atoms with van der Waals surface area (Å²) in [6.07, 6.45) is 0. The molecular formula is C12H10Br2N2OS. The third-order valence-electron chi connectivity index (χ3n) is 2.30. The van der Waals surface area contributed by atoms with Gasteiger partial charge in [-0.3, -0.25) is 4.79 Å². The molecule has 6 heteroatoms. The first-order valence-electron chi connectivity index (χ1n) is 5.12. The van der Waals surface area contributed by atoms with Crippen LogP contribution < -0.4 is 11.1 Å². The van der Waals surface area contributed by atoms with Gasteiger partial charge in [-0.05, 0) is 40.2 Å². The summed E-state index contributed by atoms with van der Waals surface area (Å²) in [4.78, 5) is 13.0. The number of rotatable bonds is 3. The lowest BCUT2D eigenvalue weighted by atomic mass is 10.1. The Morgan fingerprint density at radius 1 is 1.28 bits per heavy atom. The van der Waals surface area contributed by atoms with E-state index in [1.165, 1.54) is 0 Å². The number of amides is 1. The van der Waals surface area contributed by atoms with Crippen molar-refractivity contribution in [3.63, 3.8) is 0 Å². The molecule has 0 aliphatic heterocycles. The van der Waals surface area contributed by atoms with E-state index in [2.05, 4.69) is 37.2 Å². The monoisotopic (exact) mass is 388 g/mol. The van der Waals surface area contributed by atoms with Crippen molar-refractivity contribution in [1.82, 2.24) is 5.32 Å². The molecule has 1 heterocycles. The Hall–Kier alpha value is -0.850. The number of thiophene rings is 1. The third-order valence-corrected chi connectivity index (χ3v) is 4.49. The largest absolute Gasteiger partial charge is 0.398 e. The molecule has 0 aliphatic carbocycles. The molecule has 2 rings (SSSR count). The van der Waals surface area contributed by atoms with Crippen LogP contribution in [0.5, 0.6) is 0 Å². The zero-order valence-corrected chi connectivity index (χ0v) is 13.2. The van der Waals surface area contributed by atoms with Crippen LogP contribution in [-0.2, 0) is 6.54 Å². The Kier molecular flexibility index (Phi) is 4.42. The van der Waals surface area contributed by atoms with Gasteiger partial charge in [-0.15, -0.1) is 11.3 Å². The standard InChI is InChI=1S/C12H10Br2N2OS/c13-7-1-2-10(11(15)4-7)12(17)16-5-9-3-8(14)6-18-9/h1-4,6H,5,15H2,(H,16,17). The van der Waals surface area contributed by atoms with Crippen molar-refractivity contribution in [3.8, 4) is 0 Å². The minimum Gasteiger partial charge on any atom is -0.398 e. The van der Waals surface area contributed by atoms with Gasteiger partial charge in [-0.1, -0.05) is 15.9 Å². The molecule has 1 aromatic heterocycles. The summed E-state index contributed by atoms with van der Waals surface area (Å²) in [6.45, 7) is 0.505. The molecule has 3 N–H and O–H groups in total. The lowest BCUT2D eigenvalue weighted by molar-refractivity contribution is 0.0952. The molecule has 0 radical (unpaired) electrons. The molecule has 0 saturated heterocycles. The van der Waals surface area contributed by atoms with Gasteiger partial charge in [0, 0.05) is 24.9 Å². The number of halogens is 2. The number of hydrogen-bond donors (Lipinski definition) is 2. The lowest BCUT2D eigenvalue weighted by Crippen LogP contribution is -2.23. The summed E-state index contributed by atoms with van der Waals surface area (Å²) in [7, 11) is 0. The van der Waals surface area contributed by atoms with Gasteiger partial charge in [-0.2, -0.15) is 0 Å². The van der Waals surface area contributed by atoms with Crippen molar-refractivity contribution in [1.29, 1.82) is 0 Å². The highest BCUT2D eigenvalue weighted by molar-refractivity contribution is 9.10. The van der Waals surface area contributed by atoms with Crippen LogP contribution in [-0.4, -0.2) is 5.91 Å². The Labute approximate surface area is 126 Å². The summed E-state index contributed by atoms with van der Waals surface area (Å²) >= 11 is 8.28. The van der Waals surface area contributed by atoms with Gasteiger partial charge < -0.3 is 11.1 Å². The van der Waals surface area contributed by atoms with E-state index in [0.717, 1.165) is 13.8 Å². The molecule has 0 aliphatic rings. The van der Waals surface area contributed by atoms with E-state index >= 15 is 0 Å². The predicted molar refractivity (Wildman–Crippen MR) is 81.7 cm³/mol. The smallest absolute Gasteiger partial charge is 0.253 e. The zero-order valence-electron chi connectivity index (χ0n) is 9.24.